The van der Waals surface area contributed by atoms with Crippen LogP contribution < -0.4 is 4.74 Å². The monoisotopic (exact) mass is 240 g/mol. The molecular formula is C12H16O3S. The first-order valence-electron chi connectivity index (χ1n) is 5.18. The Morgan fingerprint density at radius 3 is 2.44 bits per heavy atom. The smallest absolute Gasteiger partial charge is 0.338 e. The third-order valence-corrected chi connectivity index (χ3v) is 1.97. The van der Waals surface area contributed by atoms with E-state index in [1.54, 1.807) is 24.3 Å². The van der Waals surface area contributed by atoms with Gasteiger partial charge in [0.15, 0.2) is 0 Å². The Kier molecular flexibility index (Phi) is 5.19. The average Bonchev–Trinajstić information content (AvgIpc) is 2.26. The van der Waals surface area contributed by atoms with E-state index in [0.29, 0.717) is 17.9 Å². The van der Waals surface area contributed by atoms with Crippen molar-refractivity contribution < 1.29 is 14.3 Å². The van der Waals surface area contributed by atoms with Crippen molar-refractivity contribution in [3.63, 3.8) is 0 Å². The second kappa shape index (κ2) is 6.43. The van der Waals surface area contributed by atoms with Gasteiger partial charge in [-0.3, -0.25) is 0 Å². The molecule has 16 heavy (non-hydrogen) atoms. The van der Waals surface area contributed by atoms with Gasteiger partial charge in [0.05, 0.1) is 11.7 Å². The van der Waals surface area contributed by atoms with Gasteiger partial charge in [-0.05, 0) is 38.1 Å². The molecule has 0 bridgehead atoms. The summed E-state index contributed by atoms with van der Waals surface area (Å²) in [5.74, 6) is 0.950. The summed E-state index contributed by atoms with van der Waals surface area (Å²) in [6.07, 6.45) is 0.127. The van der Waals surface area contributed by atoms with Crippen LogP contribution in [0.1, 0.15) is 24.2 Å². The molecule has 0 aromatic heterocycles. The molecule has 0 radical (unpaired) electrons. The van der Waals surface area contributed by atoms with E-state index in [-0.39, 0.29) is 12.1 Å². The van der Waals surface area contributed by atoms with Crippen LogP contribution in [0.4, 0.5) is 0 Å². The largest absolute Gasteiger partial charge is 0.491 e. The number of rotatable bonds is 5. The fraction of sp³-hybridized carbons (Fsp3) is 0.417. The van der Waals surface area contributed by atoms with Crippen LogP contribution in [-0.2, 0) is 4.74 Å². The van der Waals surface area contributed by atoms with Gasteiger partial charge >= 0.3 is 5.97 Å². The first-order chi connectivity index (χ1) is 7.63. The number of hydrogen-bond donors (Lipinski definition) is 1. The van der Waals surface area contributed by atoms with Crippen LogP contribution in [0.15, 0.2) is 24.3 Å². The Balaban J connectivity index is 2.60. The molecule has 1 rings (SSSR count). The van der Waals surface area contributed by atoms with E-state index in [1.807, 2.05) is 13.8 Å². The summed E-state index contributed by atoms with van der Waals surface area (Å²) in [4.78, 5) is 11.4. The number of hydrogen-bond acceptors (Lipinski definition) is 4. The average molecular weight is 240 g/mol. The molecule has 0 amide bonds. The van der Waals surface area contributed by atoms with Gasteiger partial charge in [0.1, 0.15) is 12.4 Å². The van der Waals surface area contributed by atoms with Crippen LogP contribution >= 0.6 is 12.6 Å². The maximum atomic E-state index is 11.4. The van der Waals surface area contributed by atoms with Crippen LogP contribution in [-0.4, -0.2) is 24.4 Å². The fourth-order valence-electron chi connectivity index (χ4n) is 1.16. The zero-order chi connectivity index (χ0) is 12.0. The molecule has 0 spiro atoms. The zero-order valence-electron chi connectivity index (χ0n) is 9.47. The number of thiol groups is 1. The second-order valence-corrected chi connectivity index (χ2v) is 4.00. The maximum absolute atomic E-state index is 11.4. The lowest BCUT2D eigenvalue weighted by Crippen LogP contribution is -2.08. The van der Waals surface area contributed by atoms with E-state index < -0.39 is 0 Å². The number of ether oxygens (including phenoxy) is 2. The van der Waals surface area contributed by atoms with Crippen molar-refractivity contribution in [3.8, 4) is 5.75 Å². The van der Waals surface area contributed by atoms with Gasteiger partial charge in [-0.15, -0.1) is 0 Å². The molecule has 1 aromatic rings. The highest BCUT2D eigenvalue weighted by molar-refractivity contribution is 7.80. The summed E-state index contributed by atoms with van der Waals surface area (Å²) in [6.45, 7) is 4.23. The molecule has 0 atom stereocenters. The summed E-state index contributed by atoms with van der Waals surface area (Å²) in [5.41, 5.74) is 0.526. The van der Waals surface area contributed by atoms with E-state index >= 15 is 0 Å². The first kappa shape index (κ1) is 12.9. The lowest BCUT2D eigenvalue weighted by Gasteiger charge is -2.09. The SMILES string of the molecule is CC(C)Oc1ccc(C(=O)OCCS)cc1. The van der Waals surface area contributed by atoms with Crippen molar-refractivity contribution in [3.05, 3.63) is 29.8 Å². The highest BCUT2D eigenvalue weighted by Crippen LogP contribution is 2.14. The Hall–Kier alpha value is -1.16. The van der Waals surface area contributed by atoms with Gasteiger partial charge in [-0.2, -0.15) is 12.6 Å². The number of carbonyl (C=O) groups excluding carboxylic acids is 1. The fourth-order valence-corrected chi connectivity index (χ4v) is 1.25. The van der Waals surface area contributed by atoms with E-state index in [9.17, 15) is 4.79 Å². The molecule has 0 N–H and O–H groups in total. The summed E-state index contributed by atoms with van der Waals surface area (Å²) >= 11 is 3.96. The molecule has 0 aliphatic carbocycles. The maximum Gasteiger partial charge on any atom is 0.338 e. The van der Waals surface area contributed by atoms with Gasteiger partial charge < -0.3 is 9.47 Å². The molecule has 0 heterocycles. The van der Waals surface area contributed by atoms with Gasteiger partial charge in [-0.1, -0.05) is 0 Å². The standard InChI is InChI=1S/C12H16O3S/c1-9(2)15-11-5-3-10(4-6-11)12(13)14-7-8-16/h3-6,9,16H,7-8H2,1-2H3. The van der Waals surface area contributed by atoms with E-state index in [4.69, 9.17) is 9.47 Å². The minimum atomic E-state index is -0.329. The minimum absolute atomic E-state index is 0.127. The lowest BCUT2D eigenvalue weighted by molar-refractivity contribution is 0.0530. The Bertz CT molecular complexity index is 333. The van der Waals surface area contributed by atoms with Crippen molar-refractivity contribution in [2.45, 2.75) is 20.0 Å². The number of carbonyl (C=O) groups is 1. The predicted molar refractivity (Wildman–Crippen MR) is 66.3 cm³/mol. The third kappa shape index (κ3) is 4.14. The minimum Gasteiger partial charge on any atom is -0.491 e. The quantitative estimate of drug-likeness (QED) is 0.634. The Labute approximate surface area is 101 Å². The van der Waals surface area contributed by atoms with Crippen molar-refractivity contribution in [2.24, 2.45) is 0 Å². The van der Waals surface area contributed by atoms with Crippen molar-refractivity contribution >= 4 is 18.6 Å². The first-order valence-corrected chi connectivity index (χ1v) is 5.81. The normalized spacial score (nSPS) is 10.2. The molecule has 1 aromatic carbocycles. The van der Waals surface area contributed by atoms with Crippen molar-refractivity contribution in [2.75, 3.05) is 12.4 Å². The second-order valence-electron chi connectivity index (χ2n) is 3.55. The number of benzene rings is 1. The Morgan fingerprint density at radius 1 is 1.31 bits per heavy atom. The lowest BCUT2D eigenvalue weighted by atomic mass is 10.2. The summed E-state index contributed by atoms with van der Waals surface area (Å²) in [5, 5.41) is 0. The van der Waals surface area contributed by atoms with Gasteiger partial charge in [-0.25, -0.2) is 4.79 Å². The molecular weight excluding hydrogens is 224 g/mol. The summed E-state index contributed by atoms with van der Waals surface area (Å²) < 4.78 is 10.4. The molecule has 0 saturated carbocycles. The predicted octanol–water partition coefficient (Wildman–Crippen LogP) is 2.56. The molecule has 88 valence electrons. The van der Waals surface area contributed by atoms with Gasteiger partial charge in [0.2, 0.25) is 0 Å². The third-order valence-electron chi connectivity index (χ3n) is 1.79. The molecule has 0 aliphatic heterocycles. The van der Waals surface area contributed by atoms with Gasteiger partial charge in [0.25, 0.3) is 0 Å². The van der Waals surface area contributed by atoms with Crippen molar-refractivity contribution in [1.82, 2.24) is 0 Å². The summed E-state index contributed by atoms with van der Waals surface area (Å²) in [6, 6.07) is 6.91. The highest BCUT2D eigenvalue weighted by atomic mass is 32.1. The van der Waals surface area contributed by atoms with Crippen molar-refractivity contribution in [1.29, 1.82) is 0 Å². The van der Waals surface area contributed by atoms with E-state index in [1.165, 1.54) is 0 Å². The molecule has 0 fully saturated rings. The number of esters is 1. The van der Waals surface area contributed by atoms with E-state index in [0.717, 1.165) is 5.75 Å². The molecule has 0 saturated heterocycles. The molecule has 0 aliphatic rings. The zero-order valence-corrected chi connectivity index (χ0v) is 10.4. The van der Waals surface area contributed by atoms with Crippen LogP contribution in [0.25, 0.3) is 0 Å². The van der Waals surface area contributed by atoms with Gasteiger partial charge in [0, 0.05) is 5.75 Å². The summed E-state index contributed by atoms with van der Waals surface area (Å²) in [7, 11) is 0. The van der Waals surface area contributed by atoms with E-state index in [2.05, 4.69) is 12.6 Å². The Morgan fingerprint density at radius 2 is 1.94 bits per heavy atom. The highest BCUT2D eigenvalue weighted by Gasteiger charge is 2.06. The molecule has 0 unspecified atom stereocenters. The van der Waals surface area contributed by atoms with Crippen LogP contribution in [0.3, 0.4) is 0 Å². The topological polar surface area (TPSA) is 35.5 Å². The van der Waals surface area contributed by atoms with Crippen LogP contribution in [0, 0.1) is 0 Å². The van der Waals surface area contributed by atoms with Crippen LogP contribution in [0.2, 0.25) is 0 Å². The van der Waals surface area contributed by atoms with Crippen LogP contribution in [0.5, 0.6) is 5.75 Å². The molecule has 3 nitrogen and oxygen atoms in total. The molecule has 4 heteroatoms.